The molecule has 0 aliphatic rings. The van der Waals surface area contributed by atoms with Crippen molar-refractivity contribution in [2.24, 2.45) is 0 Å². The molecule has 1 aromatic heterocycles. The SMILES string of the molecule is O[CH]c1cc2ccccc2s1. The van der Waals surface area contributed by atoms with Crippen LogP contribution >= 0.6 is 11.3 Å². The van der Waals surface area contributed by atoms with E-state index in [0.717, 1.165) is 11.5 Å². The number of hydrogen-bond donors (Lipinski definition) is 1. The third-order valence-electron chi connectivity index (χ3n) is 1.57. The molecule has 55 valence electrons. The van der Waals surface area contributed by atoms with Crippen molar-refractivity contribution in [2.45, 2.75) is 0 Å². The Morgan fingerprint density at radius 1 is 1.27 bits per heavy atom. The first-order valence-electron chi connectivity index (χ1n) is 3.36. The molecule has 1 nitrogen and oxygen atoms in total. The second-order valence-corrected chi connectivity index (χ2v) is 3.43. The highest BCUT2D eigenvalue weighted by molar-refractivity contribution is 7.19. The standard InChI is InChI=1S/C9H7OS/c10-6-8-5-7-3-1-2-4-9(7)11-8/h1-6,10H. The lowest BCUT2D eigenvalue weighted by molar-refractivity contribution is 0.418. The van der Waals surface area contributed by atoms with Crippen molar-refractivity contribution in [3.05, 3.63) is 41.8 Å². The van der Waals surface area contributed by atoms with Gasteiger partial charge in [0.1, 0.15) is 6.61 Å². The maximum atomic E-state index is 8.72. The summed E-state index contributed by atoms with van der Waals surface area (Å²) in [6, 6.07) is 10.1. The minimum Gasteiger partial charge on any atom is -0.384 e. The molecule has 0 atom stereocenters. The average molecular weight is 163 g/mol. The van der Waals surface area contributed by atoms with E-state index >= 15 is 0 Å². The van der Waals surface area contributed by atoms with Gasteiger partial charge in [-0.25, -0.2) is 0 Å². The number of hydrogen-bond acceptors (Lipinski definition) is 2. The van der Waals surface area contributed by atoms with Gasteiger partial charge in [0, 0.05) is 9.58 Å². The second-order valence-electron chi connectivity index (χ2n) is 2.32. The fourth-order valence-corrected chi connectivity index (χ4v) is 1.95. The molecule has 0 fully saturated rings. The van der Waals surface area contributed by atoms with E-state index in [1.54, 1.807) is 11.3 Å². The number of fused-ring (bicyclic) bond motifs is 1. The van der Waals surface area contributed by atoms with Crippen molar-refractivity contribution in [1.29, 1.82) is 0 Å². The molecule has 1 heterocycles. The summed E-state index contributed by atoms with van der Waals surface area (Å²) in [4.78, 5) is 0.909. The molecule has 0 saturated carbocycles. The molecule has 0 aliphatic carbocycles. The van der Waals surface area contributed by atoms with Crippen molar-refractivity contribution >= 4 is 21.4 Å². The normalized spacial score (nSPS) is 10.6. The number of rotatable bonds is 1. The topological polar surface area (TPSA) is 20.2 Å². The van der Waals surface area contributed by atoms with Crippen LogP contribution in [-0.4, -0.2) is 5.11 Å². The molecule has 0 saturated heterocycles. The van der Waals surface area contributed by atoms with Crippen LogP contribution in [0.3, 0.4) is 0 Å². The Morgan fingerprint density at radius 2 is 2.09 bits per heavy atom. The van der Waals surface area contributed by atoms with Gasteiger partial charge in [0.25, 0.3) is 0 Å². The summed E-state index contributed by atoms with van der Waals surface area (Å²) in [6.45, 7) is 1.14. The maximum Gasteiger partial charge on any atom is 0.119 e. The molecular weight excluding hydrogens is 156 g/mol. The quantitative estimate of drug-likeness (QED) is 0.685. The first-order valence-corrected chi connectivity index (χ1v) is 4.18. The Hall–Kier alpha value is -0.860. The summed E-state index contributed by atoms with van der Waals surface area (Å²) in [7, 11) is 0. The minimum atomic E-state index is 0.909. The number of thiophene rings is 1. The summed E-state index contributed by atoms with van der Waals surface area (Å²) in [5.41, 5.74) is 0. The van der Waals surface area contributed by atoms with E-state index in [2.05, 4.69) is 0 Å². The van der Waals surface area contributed by atoms with Crippen LogP contribution in [0.15, 0.2) is 30.3 Å². The van der Waals surface area contributed by atoms with Crippen molar-refractivity contribution < 1.29 is 5.11 Å². The van der Waals surface area contributed by atoms with Crippen molar-refractivity contribution in [2.75, 3.05) is 0 Å². The predicted octanol–water partition coefficient (Wildman–Crippen LogP) is 2.78. The molecule has 2 rings (SSSR count). The zero-order valence-electron chi connectivity index (χ0n) is 5.82. The lowest BCUT2D eigenvalue weighted by Gasteiger charge is -1.82. The van der Waals surface area contributed by atoms with Crippen LogP contribution in [0.5, 0.6) is 0 Å². The van der Waals surface area contributed by atoms with Crippen LogP contribution in [0.25, 0.3) is 10.1 Å². The molecule has 0 unspecified atom stereocenters. The van der Waals surface area contributed by atoms with Gasteiger partial charge in [-0.15, -0.1) is 11.3 Å². The zero-order chi connectivity index (χ0) is 7.68. The van der Waals surface area contributed by atoms with Gasteiger partial charge in [-0.3, -0.25) is 0 Å². The Labute approximate surface area is 68.9 Å². The Balaban J connectivity index is 2.69. The zero-order valence-corrected chi connectivity index (χ0v) is 6.64. The van der Waals surface area contributed by atoms with E-state index < -0.39 is 0 Å². The van der Waals surface area contributed by atoms with Crippen molar-refractivity contribution in [1.82, 2.24) is 0 Å². The van der Waals surface area contributed by atoms with E-state index in [1.165, 1.54) is 10.1 Å². The van der Waals surface area contributed by atoms with Crippen molar-refractivity contribution in [3.63, 3.8) is 0 Å². The highest BCUT2D eigenvalue weighted by atomic mass is 32.1. The van der Waals surface area contributed by atoms with E-state index in [0.29, 0.717) is 0 Å². The van der Waals surface area contributed by atoms with Gasteiger partial charge in [-0.05, 0) is 17.5 Å². The molecule has 2 aromatic rings. The van der Waals surface area contributed by atoms with E-state index in [1.807, 2.05) is 30.3 Å². The molecule has 11 heavy (non-hydrogen) atoms. The first-order chi connectivity index (χ1) is 5.40. The third kappa shape index (κ3) is 1.15. The monoisotopic (exact) mass is 163 g/mol. The molecule has 1 radical (unpaired) electrons. The molecule has 1 N–H and O–H groups in total. The van der Waals surface area contributed by atoms with Crippen LogP contribution in [0.4, 0.5) is 0 Å². The average Bonchev–Trinajstić information content (AvgIpc) is 2.46. The third-order valence-corrected chi connectivity index (χ3v) is 2.62. The van der Waals surface area contributed by atoms with Gasteiger partial charge in [-0.1, -0.05) is 18.2 Å². The Kier molecular flexibility index (Phi) is 1.64. The minimum absolute atomic E-state index is 0.909. The fraction of sp³-hybridized carbons (Fsp3) is 0. The molecule has 0 bridgehead atoms. The Bertz CT molecular complexity index is 331. The van der Waals surface area contributed by atoms with Crippen LogP contribution in [0.2, 0.25) is 0 Å². The molecule has 1 aromatic carbocycles. The lowest BCUT2D eigenvalue weighted by atomic mass is 10.2. The summed E-state index contributed by atoms with van der Waals surface area (Å²) in [5, 5.41) is 9.92. The number of aliphatic hydroxyl groups is 1. The molecule has 0 spiro atoms. The van der Waals surface area contributed by atoms with Gasteiger partial charge in [-0.2, -0.15) is 0 Å². The van der Waals surface area contributed by atoms with Gasteiger partial charge >= 0.3 is 0 Å². The van der Waals surface area contributed by atoms with Crippen LogP contribution in [0.1, 0.15) is 4.88 Å². The van der Waals surface area contributed by atoms with Gasteiger partial charge in [0.2, 0.25) is 0 Å². The molecule has 2 heteroatoms. The lowest BCUT2D eigenvalue weighted by Crippen LogP contribution is -1.65. The highest BCUT2D eigenvalue weighted by Crippen LogP contribution is 2.25. The van der Waals surface area contributed by atoms with Gasteiger partial charge in [0.05, 0.1) is 0 Å². The van der Waals surface area contributed by atoms with Gasteiger partial charge in [0.15, 0.2) is 0 Å². The Morgan fingerprint density at radius 3 is 2.82 bits per heavy atom. The summed E-state index contributed by atoms with van der Waals surface area (Å²) in [5.74, 6) is 0. The second kappa shape index (κ2) is 2.64. The number of aliphatic hydroxyl groups excluding tert-OH is 1. The van der Waals surface area contributed by atoms with Gasteiger partial charge < -0.3 is 5.11 Å². The summed E-state index contributed by atoms with van der Waals surface area (Å²) >= 11 is 1.59. The fourth-order valence-electron chi connectivity index (χ4n) is 1.07. The van der Waals surface area contributed by atoms with E-state index in [4.69, 9.17) is 5.11 Å². The van der Waals surface area contributed by atoms with E-state index in [-0.39, 0.29) is 0 Å². The predicted molar refractivity (Wildman–Crippen MR) is 47.2 cm³/mol. The highest BCUT2D eigenvalue weighted by Gasteiger charge is 1.98. The molecule has 0 aliphatic heterocycles. The maximum absolute atomic E-state index is 8.72. The van der Waals surface area contributed by atoms with E-state index in [9.17, 15) is 0 Å². The molecular formula is C9H7OS. The number of benzene rings is 1. The first kappa shape index (κ1) is 6.83. The molecule has 0 amide bonds. The largest absolute Gasteiger partial charge is 0.384 e. The van der Waals surface area contributed by atoms with Crippen LogP contribution < -0.4 is 0 Å². The summed E-state index contributed by atoms with van der Waals surface area (Å²) < 4.78 is 1.22. The van der Waals surface area contributed by atoms with Crippen molar-refractivity contribution in [3.8, 4) is 0 Å². The smallest absolute Gasteiger partial charge is 0.119 e. The summed E-state index contributed by atoms with van der Waals surface area (Å²) in [6.07, 6.45) is 0. The van der Waals surface area contributed by atoms with Crippen LogP contribution in [0, 0.1) is 6.61 Å². The van der Waals surface area contributed by atoms with Crippen LogP contribution in [-0.2, 0) is 0 Å².